The van der Waals surface area contributed by atoms with Crippen molar-refractivity contribution < 1.29 is 91.8 Å². The Balaban J connectivity index is 0. The first kappa shape index (κ1) is 24.8. The van der Waals surface area contributed by atoms with E-state index in [4.69, 9.17) is 4.74 Å². The van der Waals surface area contributed by atoms with Gasteiger partial charge in [-0.3, -0.25) is 4.74 Å². The Morgan fingerprint density at radius 2 is 1.68 bits per heavy atom. The van der Waals surface area contributed by atoms with Gasteiger partial charge in [0.15, 0.2) is 0 Å². The number of carbonyl (C=O) groups is 1. The maximum absolute atomic E-state index is 12.4. The number of ether oxygens (including phenoxy) is 2. The van der Waals surface area contributed by atoms with Crippen LogP contribution in [0.3, 0.4) is 0 Å². The molecule has 0 saturated heterocycles. The van der Waals surface area contributed by atoms with Crippen molar-refractivity contribution in [2.75, 3.05) is 6.61 Å². The molecule has 0 bridgehead atoms. The van der Waals surface area contributed by atoms with Gasteiger partial charge in [0.25, 0.3) is 0 Å². The fourth-order valence-corrected chi connectivity index (χ4v) is 1.36. The summed E-state index contributed by atoms with van der Waals surface area (Å²) in [5.41, 5.74) is -0.930. The topological polar surface area (TPSA) is 47.6 Å². The molecule has 0 radical (unpaired) electrons. The molecule has 22 heavy (non-hydrogen) atoms. The van der Waals surface area contributed by atoms with E-state index in [0.717, 1.165) is 0 Å². The van der Waals surface area contributed by atoms with Crippen molar-refractivity contribution >= 4 is 13.1 Å². The second kappa shape index (κ2) is 9.72. The average Bonchev–Trinajstić information content (AvgIpc) is 2.08. The fourth-order valence-electron chi connectivity index (χ4n) is 1.36. The van der Waals surface area contributed by atoms with Gasteiger partial charge in [-0.2, -0.15) is 0 Å². The summed E-state index contributed by atoms with van der Waals surface area (Å²) in [5.74, 6) is 0. The molecule has 0 saturated carbocycles. The minimum atomic E-state index is -5.27. The summed E-state index contributed by atoms with van der Waals surface area (Å²) in [6.07, 6.45) is -8.11. The van der Waals surface area contributed by atoms with Gasteiger partial charge >= 0.3 is 70.8 Å². The predicted molar refractivity (Wildman–Crippen MR) is 63.7 cm³/mol. The van der Waals surface area contributed by atoms with Gasteiger partial charge in [-0.15, -0.1) is 13.2 Å². The Hall–Kier alpha value is 0.511. The molecule has 4 nitrogen and oxygen atoms in total. The molecule has 1 atom stereocenters. The molecule has 0 fully saturated rings. The van der Waals surface area contributed by atoms with Crippen molar-refractivity contribution in [2.24, 2.45) is 0 Å². The van der Waals surface area contributed by atoms with Crippen LogP contribution in [-0.2, 0) is 9.47 Å². The minimum Gasteiger partial charge on any atom is -0.449 e. The van der Waals surface area contributed by atoms with Crippen LogP contribution in [0.25, 0.3) is 0 Å². The molecule has 12 heteroatoms. The number of carbonyl (C=O) groups excluding carboxylic acids is 1. The van der Waals surface area contributed by atoms with Crippen molar-refractivity contribution in [3.63, 3.8) is 0 Å². The number of halogens is 6. The summed E-state index contributed by atoms with van der Waals surface area (Å²) in [6, 6.07) is -1.54. The summed E-state index contributed by atoms with van der Waals surface area (Å²) < 4.78 is 80.6. The third kappa shape index (κ3) is 16.9. The fraction of sp³-hybridized carbons (Fsp3) is 0.900. The second-order valence-corrected chi connectivity index (χ2v) is 5.37. The van der Waals surface area contributed by atoms with Crippen molar-refractivity contribution in [1.82, 2.24) is 5.32 Å². The predicted octanol–water partition coefficient (Wildman–Crippen LogP) is 0.658. The van der Waals surface area contributed by atoms with Crippen LogP contribution in [0.15, 0.2) is 0 Å². The van der Waals surface area contributed by atoms with E-state index in [2.05, 4.69) is 4.74 Å². The van der Waals surface area contributed by atoms with Crippen molar-refractivity contribution in [3.8, 4) is 0 Å². The Morgan fingerprint density at radius 3 is 2.05 bits per heavy atom. The Bertz CT molecular complexity index is 345. The van der Waals surface area contributed by atoms with Crippen LogP contribution in [0.5, 0.6) is 0 Å². The molecule has 0 spiro atoms. The third-order valence-corrected chi connectivity index (χ3v) is 2.00. The summed E-state index contributed by atoms with van der Waals surface area (Å²) in [4.78, 5) is 11.4. The molecule has 126 valence electrons. The van der Waals surface area contributed by atoms with Gasteiger partial charge in [-0.05, 0) is 27.2 Å². The first-order valence-electron chi connectivity index (χ1n) is 6.09. The standard InChI is InChI=1S/C10H17BF6NO3.K/c1-9(2,3)21-8(19)18-7(6-11(15,16)17)4-5-20-10(12,13)14;/h7H,4-6H2,1-3H3,(H,18,19);/q-1;+1/t7-;/m0./s1. The van der Waals surface area contributed by atoms with Crippen LogP contribution < -0.4 is 56.7 Å². The minimum absolute atomic E-state index is 0. The molecular formula is C10H17BF6KNO3. The van der Waals surface area contributed by atoms with Crippen LogP contribution >= 0.6 is 0 Å². The van der Waals surface area contributed by atoms with E-state index in [-0.39, 0.29) is 51.4 Å². The molecule has 0 rings (SSSR count). The van der Waals surface area contributed by atoms with Gasteiger partial charge < -0.3 is 23.0 Å². The maximum Gasteiger partial charge on any atom is 1.00 e. The number of hydrogen-bond acceptors (Lipinski definition) is 3. The van der Waals surface area contributed by atoms with E-state index in [0.29, 0.717) is 0 Å². The molecule has 1 N–H and O–H groups in total. The molecular weight excluding hydrogens is 346 g/mol. The quantitative estimate of drug-likeness (QED) is 0.557. The SMILES string of the molecule is CC(C)(C)OC(=O)N[C@@H](CCOC(F)(F)F)C[B-](F)(F)F.[K+]. The first-order valence-corrected chi connectivity index (χ1v) is 6.09. The Morgan fingerprint density at radius 1 is 1.18 bits per heavy atom. The molecule has 0 aromatic rings. The van der Waals surface area contributed by atoms with Gasteiger partial charge in [-0.25, -0.2) is 4.79 Å². The molecule has 0 aliphatic rings. The van der Waals surface area contributed by atoms with Gasteiger partial charge in [0, 0.05) is 6.04 Å². The van der Waals surface area contributed by atoms with Crippen LogP contribution in [0, 0.1) is 0 Å². The smallest absolute Gasteiger partial charge is 0.449 e. The largest absolute Gasteiger partial charge is 1.00 e. The molecule has 0 heterocycles. The van der Waals surface area contributed by atoms with Crippen LogP contribution in [-0.4, -0.2) is 37.7 Å². The number of hydrogen-bond donors (Lipinski definition) is 1. The second-order valence-electron chi connectivity index (χ2n) is 5.37. The molecule has 1 amide bonds. The van der Waals surface area contributed by atoms with Crippen molar-refractivity contribution in [3.05, 3.63) is 0 Å². The number of nitrogens with one attached hydrogen (secondary N) is 1. The monoisotopic (exact) mass is 363 g/mol. The molecule has 0 aromatic heterocycles. The number of rotatable bonds is 6. The average molecular weight is 363 g/mol. The van der Waals surface area contributed by atoms with Gasteiger partial charge in [0.1, 0.15) is 5.60 Å². The third-order valence-electron chi connectivity index (χ3n) is 2.00. The first-order chi connectivity index (χ1) is 9.18. The summed E-state index contributed by atoms with van der Waals surface area (Å²) >= 11 is 0. The Kier molecular flexibility index (Phi) is 10.9. The molecule has 0 aliphatic heterocycles. The van der Waals surface area contributed by atoms with Crippen molar-refractivity contribution in [2.45, 2.75) is 51.5 Å². The number of alkyl halides is 3. The van der Waals surface area contributed by atoms with Gasteiger partial charge in [0.05, 0.1) is 6.61 Å². The Labute approximate surface area is 167 Å². The summed E-state index contributed by atoms with van der Waals surface area (Å²) in [5, 5.41) is 1.90. The molecule has 0 unspecified atom stereocenters. The zero-order valence-corrected chi connectivity index (χ0v) is 15.9. The van der Waals surface area contributed by atoms with Crippen LogP contribution in [0.4, 0.5) is 30.9 Å². The van der Waals surface area contributed by atoms with E-state index in [1.807, 2.05) is 5.32 Å². The zero-order valence-electron chi connectivity index (χ0n) is 12.8. The summed E-state index contributed by atoms with van der Waals surface area (Å²) in [6.45, 7) is -1.76. The maximum atomic E-state index is 12.4. The van der Waals surface area contributed by atoms with Gasteiger partial charge in [0.2, 0.25) is 0 Å². The number of amides is 1. The van der Waals surface area contributed by atoms with E-state index >= 15 is 0 Å². The normalized spacial score (nSPS) is 14.0. The molecule has 0 aromatic carbocycles. The van der Waals surface area contributed by atoms with Crippen LogP contribution in [0.2, 0.25) is 6.32 Å². The van der Waals surface area contributed by atoms with Crippen LogP contribution in [0.1, 0.15) is 27.2 Å². The van der Waals surface area contributed by atoms with Gasteiger partial charge in [-0.1, -0.05) is 6.32 Å². The van der Waals surface area contributed by atoms with E-state index in [9.17, 15) is 30.9 Å². The zero-order chi connectivity index (χ0) is 16.9. The van der Waals surface area contributed by atoms with E-state index in [1.54, 1.807) is 0 Å². The van der Waals surface area contributed by atoms with E-state index < -0.39 is 50.4 Å². The van der Waals surface area contributed by atoms with E-state index in [1.165, 1.54) is 20.8 Å². The summed E-state index contributed by atoms with van der Waals surface area (Å²) in [7, 11) is 0. The number of alkyl carbamates (subject to hydrolysis) is 1. The van der Waals surface area contributed by atoms with Crippen molar-refractivity contribution in [1.29, 1.82) is 0 Å². The molecule has 0 aliphatic carbocycles.